The van der Waals surface area contributed by atoms with Crippen LogP contribution in [0.15, 0.2) is 16.6 Å². The topological polar surface area (TPSA) is 57.1 Å². The Morgan fingerprint density at radius 2 is 2.12 bits per heavy atom. The fraction of sp³-hybridized carbons (Fsp3) is 0.750. The molecular formula is C12H21N3O2. The van der Waals surface area contributed by atoms with Crippen LogP contribution in [-0.2, 0) is 4.74 Å². The molecule has 1 atom stereocenters. The zero-order valence-corrected chi connectivity index (χ0v) is 10.5. The van der Waals surface area contributed by atoms with E-state index < -0.39 is 0 Å². The Kier molecular flexibility index (Phi) is 3.89. The summed E-state index contributed by atoms with van der Waals surface area (Å²) in [4.78, 5) is 0. The molecule has 0 amide bonds. The lowest BCUT2D eigenvalue weighted by Crippen LogP contribution is -2.34. The van der Waals surface area contributed by atoms with Crippen molar-refractivity contribution in [1.82, 2.24) is 10.4 Å². The van der Waals surface area contributed by atoms with Gasteiger partial charge >= 0.3 is 0 Å². The summed E-state index contributed by atoms with van der Waals surface area (Å²) >= 11 is 0. The number of hydrogen-bond acceptors (Lipinski definition) is 5. The van der Waals surface area contributed by atoms with Crippen molar-refractivity contribution in [3.8, 4) is 0 Å². The Balaban J connectivity index is 2.09. The number of nitrogens with zero attached hydrogens (tertiary/aromatic N) is 2. The molecule has 0 radical (unpaired) electrons. The number of oxime groups is 1. The second-order valence-corrected chi connectivity index (χ2v) is 4.79. The van der Waals surface area contributed by atoms with Gasteiger partial charge in [0.05, 0.1) is 17.8 Å². The van der Waals surface area contributed by atoms with E-state index in [0.29, 0.717) is 6.10 Å². The van der Waals surface area contributed by atoms with Crippen LogP contribution in [0.3, 0.4) is 0 Å². The van der Waals surface area contributed by atoms with Crippen molar-refractivity contribution in [3.05, 3.63) is 11.5 Å². The third-order valence-corrected chi connectivity index (χ3v) is 3.43. The fourth-order valence-electron chi connectivity index (χ4n) is 2.51. The van der Waals surface area contributed by atoms with E-state index in [4.69, 9.17) is 9.94 Å². The van der Waals surface area contributed by atoms with Gasteiger partial charge in [0.25, 0.3) is 0 Å². The predicted octanol–water partition coefficient (Wildman–Crippen LogP) is 1.85. The lowest BCUT2D eigenvalue weighted by molar-refractivity contribution is 0.0303. The van der Waals surface area contributed by atoms with E-state index >= 15 is 0 Å². The molecular weight excluding hydrogens is 218 g/mol. The Labute approximate surface area is 102 Å². The number of hydrazine groups is 1. The van der Waals surface area contributed by atoms with Crippen LogP contribution in [0.25, 0.3) is 0 Å². The van der Waals surface area contributed by atoms with Gasteiger partial charge in [-0.05, 0) is 32.6 Å². The zero-order chi connectivity index (χ0) is 12.3. The van der Waals surface area contributed by atoms with Crippen LogP contribution in [0.2, 0.25) is 0 Å². The van der Waals surface area contributed by atoms with Gasteiger partial charge in [-0.15, -0.1) is 0 Å². The minimum atomic E-state index is 0.120. The van der Waals surface area contributed by atoms with Gasteiger partial charge in [-0.2, -0.15) is 0 Å². The van der Waals surface area contributed by atoms with Crippen molar-refractivity contribution in [2.45, 2.75) is 51.2 Å². The quantitative estimate of drug-likeness (QED) is 0.448. The van der Waals surface area contributed by atoms with E-state index in [2.05, 4.69) is 10.6 Å². The average molecular weight is 239 g/mol. The normalized spacial score (nSPS) is 27.2. The van der Waals surface area contributed by atoms with Gasteiger partial charge in [-0.3, -0.25) is 5.01 Å². The van der Waals surface area contributed by atoms with Crippen LogP contribution in [0.4, 0.5) is 0 Å². The van der Waals surface area contributed by atoms with Crippen molar-refractivity contribution < 1.29 is 9.94 Å². The fourth-order valence-corrected chi connectivity index (χ4v) is 2.51. The maximum atomic E-state index is 8.69. The van der Waals surface area contributed by atoms with Gasteiger partial charge in [0.15, 0.2) is 0 Å². The Morgan fingerprint density at radius 1 is 1.41 bits per heavy atom. The van der Waals surface area contributed by atoms with Gasteiger partial charge in [0, 0.05) is 7.05 Å². The highest BCUT2D eigenvalue weighted by Crippen LogP contribution is 2.26. The molecule has 1 aliphatic heterocycles. The molecule has 96 valence electrons. The summed E-state index contributed by atoms with van der Waals surface area (Å²) in [5, 5.41) is 13.7. The maximum Gasteiger partial charge on any atom is 0.210 e. The molecule has 0 aromatic rings. The highest BCUT2D eigenvalue weighted by Gasteiger charge is 2.28. The molecule has 0 aromatic heterocycles. The molecule has 1 unspecified atom stereocenters. The molecule has 1 saturated carbocycles. The van der Waals surface area contributed by atoms with Crippen LogP contribution < -0.4 is 5.43 Å². The van der Waals surface area contributed by atoms with Gasteiger partial charge < -0.3 is 9.94 Å². The number of rotatable bonds is 3. The smallest absolute Gasteiger partial charge is 0.210 e. The first kappa shape index (κ1) is 12.2. The summed E-state index contributed by atoms with van der Waals surface area (Å²) in [5.41, 5.74) is 4.13. The van der Waals surface area contributed by atoms with Crippen molar-refractivity contribution >= 4 is 6.21 Å². The number of ether oxygens (including phenoxy) is 1. The van der Waals surface area contributed by atoms with Gasteiger partial charge in [0.1, 0.15) is 6.10 Å². The Hall–Kier alpha value is -1.23. The first-order valence-electron chi connectivity index (χ1n) is 6.30. The molecule has 1 aliphatic carbocycles. The zero-order valence-electron chi connectivity index (χ0n) is 10.5. The van der Waals surface area contributed by atoms with Crippen molar-refractivity contribution in [3.63, 3.8) is 0 Å². The van der Waals surface area contributed by atoms with E-state index in [0.717, 1.165) is 24.3 Å². The van der Waals surface area contributed by atoms with E-state index in [9.17, 15) is 0 Å². The molecule has 17 heavy (non-hydrogen) atoms. The second-order valence-electron chi connectivity index (χ2n) is 4.79. The third-order valence-electron chi connectivity index (χ3n) is 3.43. The standard InChI is InChI=1S/C12H21N3O2/c1-9-11(8-13-16)12(15(2)14-9)17-10-6-4-3-5-7-10/h8-10,14,16H,3-7H2,1-2H3/b13-8+. The van der Waals surface area contributed by atoms with Crippen molar-refractivity contribution in [2.24, 2.45) is 5.16 Å². The number of hydrogen-bond donors (Lipinski definition) is 2. The van der Waals surface area contributed by atoms with E-state index in [1.165, 1.54) is 25.5 Å². The summed E-state index contributed by atoms with van der Waals surface area (Å²) in [7, 11) is 1.92. The summed E-state index contributed by atoms with van der Waals surface area (Å²) in [6.45, 7) is 2.02. The average Bonchev–Trinajstić information content (AvgIpc) is 2.58. The lowest BCUT2D eigenvalue weighted by atomic mass is 9.98. The molecule has 2 rings (SSSR count). The predicted molar refractivity (Wildman–Crippen MR) is 65.6 cm³/mol. The summed E-state index contributed by atoms with van der Waals surface area (Å²) in [6.07, 6.45) is 7.80. The molecule has 1 heterocycles. The molecule has 5 nitrogen and oxygen atoms in total. The minimum Gasteiger partial charge on any atom is -0.475 e. The second kappa shape index (κ2) is 5.40. The van der Waals surface area contributed by atoms with Gasteiger partial charge in [-0.25, -0.2) is 5.43 Å². The highest BCUT2D eigenvalue weighted by atomic mass is 16.5. The molecule has 5 heteroatoms. The summed E-state index contributed by atoms with van der Waals surface area (Å²) in [6, 6.07) is 0.120. The van der Waals surface area contributed by atoms with Crippen molar-refractivity contribution in [2.75, 3.05) is 7.05 Å². The Morgan fingerprint density at radius 3 is 2.76 bits per heavy atom. The van der Waals surface area contributed by atoms with Crippen LogP contribution in [0, 0.1) is 0 Å². The first-order chi connectivity index (χ1) is 8.22. The van der Waals surface area contributed by atoms with E-state index in [1.807, 2.05) is 19.0 Å². The molecule has 0 aromatic carbocycles. The molecule has 2 aliphatic rings. The highest BCUT2D eigenvalue weighted by molar-refractivity contribution is 5.80. The van der Waals surface area contributed by atoms with Crippen LogP contribution in [0.1, 0.15) is 39.0 Å². The van der Waals surface area contributed by atoms with Crippen molar-refractivity contribution in [1.29, 1.82) is 0 Å². The molecule has 0 saturated heterocycles. The molecule has 0 bridgehead atoms. The maximum absolute atomic E-state index is 8.69. The SMILES string of the molecule is CC1NN(C)C(OC2CCCCC2)=C1/C=N/O. The van der Waals surface area contributed by atoms with Crippen LogP contribution in [0.5, 0.6) is 0 Å². The van der Waals surface area contributed by atoms with Crippen LogP contribution in [-0.4, -0.2) is 35.6 Å². The summed E-state index contributed by atoms with van der Waals surface area (Å²) in [5.74, 6) is 0.794. The van der Waals surface area contributed by atoms with Crippen LogP contribution >= 0.6 is 0 Å². The molecule has 0 spiro atoms. The number of nitrogens with one attached hydrogen (secondary N) is 1. The third kappa shape index (κ3) is 2.72. The molecule has 2 N–H and O–H groups in total. The van der Waals surface area contributed by atoms with E-state index in [1.54, 1.807) is 0 Å². The first-order valence-corrected chi connectivity index (χ1v) is 6.30. The monoisotopic (exact) mass is 239 g/mol. The minimum absolute atomic E-state index is 0.120. The lowest BCUT2D eigenvalue weighted by Gasteiger charge is -2.26. The van der Waals surface area contributed by atoms with Gasteiger partial charge in [-0.1, -0.05) is 11.6 Å². The van der Waals surface area contributed by atoms with E-state index in [-0.39, 0.29) is 6.04 Å². The molecule has 1 fully saturated rings. The summed E-state index contributed by atoms with van der Waals surface area (Å²) < 4.78 is 6.04. The Bertz CT molecular complexity index is 322. The largest absolute Gasteiger partial charge is 0.475 e. The van der Waals surface area contributed by atoms with Gasteiger partial charge in [0.2, 0.25) is 5.88 Å².